The van der Waals surface area contributed by atoms with Crippen LogP contribution in [0.25, 0.3) is 0 Å². The van der Waals surface area contributed by atoms with Crippen molar-refractivity contribution in [3.8, 4) is 0 Å². The molecular weight excluding hydrogens is 180 g/mol. The largest absolute Gasteiger partial charge is 0.314 e. The molecule has 0 saturated carbocycles. The molecule has 0 heterocycles. The van der Waals surface area contributed by atoms with Crippen LogP contribution in [-0.4, -0.2) is 12.0 Å². The second kappa shape index (κ2) is 3.96. The molecule has 4 heteroatoms. The first-order chi connectivity index (χ1) is 6.59. The third kappa shape index (κ3) is 1.93. The first-order valence-electron chi connectivity index (χ1n) is 4.05. The van der Waals surface area contributed by atoms with Crippen LogP contribution in [0.1, 0.15) is 12.5 Å². The third-order valence-electron chi connectivity index (χ3n) is 1.96. The highest BCUT2D eigenvalue weighted by molar-refractivity contribution is 5.90. The number of nitrogens with zero attached hydrogens (tertiary/aromatic N) is 1. The maximum absolute atomic E-state index is 11.3. The quantitative estimate of drug-likeness (QED) is 0.551. The van der Waals surface area contributed by atoms with Gasteiger partial charge in [0, 0.05) is 0 Å². The number of rotatable bonds is 2. The molecule has 0 spiro atoms. The van der Waals surface area contributed by atoms with Gasteiger partial charge in [-0.2, -0.15) is 0 Å². The van der Waals surface area contributed by atoms with Gasteiger partial charge >= 0.3 is 0 Å². The van der Waals surface area contributed by atoms with E-state index in [1.165, 1.54) is 13.0 Å². The Hall–Kier alpha value is -1.77. The summed E-state index contributed by atoms with van der Waals surface area (Å²) in [5.41, 5.74) is 5.10. The zero-order valence-corrected chi connectivity index (χ0v) is 7.73. The maximum atomic E-state index is 11.3. The Morgan fingerprint density at radius 3 is 2.50 bits per heavy atom. The van der Waals surface area contributed by atoms with Gasteiger partial charge < -0.3 is 5.73 Å². The lowest BCUT2D eigenvalue weighted by molar-refractivity contribution is -0.122. The van der Waals surface area contributed by atoms with E-state index in [-0.39, 0.29) is 0 Å². The molecule has 0 fully saturated rings. The predicted octanol–water partition coefficient (Wildman–Crippen LogP) is 0.723. The Bertz CT molecular complexity index is 378. The smallest absolute Gasteiger partial charge is 0.280 e. The van der Waals surface area contributed by atoms with Crippen LogP contribution in [0.2, 0.25) is 0 Å². The van der Waals surface area contributed by atoms with Crippen molar-refractivity contribution >= 4 is 12.0 Å². The van der Waals surface area contributed by atoms with Gasteiger partial charge in [0.15, 0.2) is 0 Å². The number of hydrogen-bond donors (Lipinski definition) is 1. The van der Waals surface area contributed by atoms with Gasteiger partial charge in [0.1, 0.15) is 5.54 Å². The highest BCUT2D eigenvalue weighted by Crippen LogP contribution is 2.18. The second-order valence-corrected chi connectivity index (χ2v) is 3.08. The van der Waals surface area contributed by atoms with Crippen molar-refractivity contribution in [3.05, 3.63) is 35.9 Å². The molecule has 1 amide bonds. The fourth-order valence-corrected chi connectivity index (χ4v) is 1.07. The van der Waals surface area contributed by atoms with E-state index < -0.39 is 11.4 Å². The Kier molecular flexibility index (Phi) is 2.92. The van der Waals surface area contributed by atoms with Crippen molar-refractivity contribution in [3.63, 3.8) is 0 Å². The van der Waals surface area contributed by atoms with Crippen LogP contribution < -0.4 is 5.73 Å². The molecule has 0 bridgehead atoms. The first-order valence-corrected chi connectivity index (χ1v) is 4.05. The zero-order valence-electron chi connectivity index (χ0n) is 7.73. The Balaban J connectivity index is 3.08. The summed E-state index contributed by atoms with van der Waals surface area (Å²) in [4.78, 5) is 24.2. The molecule has 1 rings (SSSR count). The molecule has 1 aromatic carbocycles. The number of nitrogens with two attached hydrogens (primary N) is 1. The minimum atomic E-state index is -1.27. The number of amides is 1. The molecule has 0 aliphatic heterocycles. The van der Waals surface area contributed by atoms with E-state index >= 15 is 0 Å². The molecule has 0 radical (unpaired) electrons. The van der Waals surface area contributed by atoms with Gasteiger partial charge in [-0.3, -0.25) is 4.79 Å². The van der Waals surface area contributed by atoms with E-state index in [4.69, 9.17) is 5.73 Å². The Morgan fingerprint density at radius 1 is 1.43 bits per heavy atom. The van der Waals surface area contributed by atoms with Gasteiger partial charge in [-0.1, -0.05) is 30.3 Å². The Labute approximate surface area is 81.4 Å². The molecule has 14 heavy (non-hydrogen) atoms. The van der Waals surface area contributed by atoms with Crippen molar-refractivity contribution < 1.29 is 9.59 Å². The summed E-state index contributed by atoms with van der Waals surface area (Å²) in [6.45, 7) is 1.51. The fourth-order valence-electron chi connectivity index (χ4n) is 1.07. The predicted molar refractivity (Wildman–Crippen MR) is 51.1 cm³/mol. The summed E-state index contributed by atoms with van der Waals surface area (Å²) >= 11 is 0. The number of benzene rings is 1. The van der Waals surface area contributed by atoms with Gasteiger partial charge in [-0.15, -0.1) is 4.99 Å². The number of carbonyl (C=O) groups excluding carboxylic acids is 2. The molecule has 0 saturated heterocycles. The van der Waals surface area contributed by atoms with Gasteiger partial charge in [-0.05, 0) is 12.5 Å². The number of aliphatic imine (C=N–C) groups is 1. The summed E-state index contributed by atoms with van der Waals surface area (Å²) in [5, 5.41) is 0. The zero-order chi connectivity index (χ0) is 10.6. The van der Waals surface area contributed by atoms with Crippen LogP contribution in [0.5, 0.6) is 0 Å². The highest BCUT2D eigenvalue weighted by Gasteiger charge is 2.30. The fraction of sp³-hybridized carbons (Fsp3) is 0.200. The Morgan fingerprint density at radius 2 is 2.00 bits per heavy atom. The van der Waals surface area contributed by atoms with Gasteiger partial charge in [0.05, 0.1) is 0 Å². The minimum absolute atomic E-state index is 0.615. The van der Waals surface area contributed by atoms with Gasteiger partial charge in [0.25, 0.3) is 5.91 Å². The first kappa shape index (κ1) is 10.3. The molecular formula is C10H10N2O2. The molecule has 0 aliphatic carbocycles. The average molecular weight is 190 g/mol. The van der Waals surface area contributed by atoms with E-state index in [9.17, 15) is 9.59 Å². The number of hydrogen-bond acceptors (Lipinski definition) is 3. The van der Waals surface area contributed by atoms with Crippen molar-refractivity contribution in [2.24, 2.45) is 10.7 Å². The number of carbonyl (C=O) groups is 1. The molecule has 0 aliphatic rings. The van der Waals surface area contributed by atoms with Gasteiger partial charge in [0.2, 0.25) is 6.08 Å². The van der Waals surface area contributed by atoms with Crippen LogP contribution in [0, 0.1) is 0 Å². The maximum Gasteiger partial charge on any atom is 0.280 e. The molecule has 1 atom stereocenters. The van der Waals surface area contributed by atoms with E-state index in [0.717, 1.165) is 0 Å². The van der Waals surface area contributed by atoms with E-state index in [1.54, 1.807) is 24.3 Å². The summed E-state index contributed by atoms with van der Waals surface area (Å²) in [7, 11) is 0. The van der Waals surface area contributed by atoms with Crippen LogP contribution in [0.15, 0.2) is 35.3 Å². The number of isocyanates is 1. The minimum Gasteiger partial charge on any atom is -0.314 e. The normalized spacial score (nSPS) is 13.9. The van der Waals surface area contributed by atoms with Crippen LogP contribution in [-0.2, 0) is 15.1 Å². The van der Waals surface area contributed by atoms with Crippen molar-refractivity contribution in [1.29, 1.82) is 0 Å². The molecule has 0 aromatic heterocycles. The standard InChI is InChI=1S/C10H10N2O2/c1-10(11,9(14)12-7-13)8-5-3-2-4-6-8/h2-6H,11H2,1H3/t10-/m1/s1. The molecule has 1 aromatic rings. The summed E-state index contributed by atoms with van der Waals surface area (Å²) in [6.07, 6.45) is 1.19. The highest BCUT2D eigenvalue weighted by atomic mass is 16.2. The van der Waals surface area contributed by atoms with Gasteiger partial charge in [-0.25, -0.2) is 4.79 Å². The van der Waals surface area contributed by atoms with E-state index in [2.05, 4.69) is 4.99 Å². The van der Waals surface area contributed by atoms with Crippen molar-refractivity contribution in [1.82, 2.24) is 0 Å². The summed E-state index contributed by atoms with van der Waals surface area (Å²) < 4.78 is 0. The van der Waals surface area contributed by atoms with Crippen molar-refractivity contribution in [2.45, 2.75) is 12.5 Å². The summed E-state index contributed by atoms with van der Waals surface area (Å²) in [6, 6.07) is 8.75. The average Bonchev–Trinajstić information content (AvgIpc) is 2.19. The van der Waals surface area contributed by atoms with E-state index in [0.29, 0.717) is 5.56 Å². The third-order valence-corrected chi connectivity index (χ3v) is 1.96. The monoisotopic (exact) mass is 190 g/mol. The van der Waals surface area contributed by atoms with E-state index in [1.807, 2.05) is 6.07 Å². The van der Waals surface area contributed by atoms with Crippen LogP contribution >= 0.6 is 0 Å². The summed E-state index contributed by atoms with van der Waals surface area (Å²) in [5.74, 6) is -0.696. The van der Waals surface area contributed by atoms with Crippen LogP contribution in [0.3, 0.4) is 0 Å². The molecule has 0 unspecified atom stereocenters. The lowest BCUT2D eigenvalue weighted by Gasteiger charge is -2.19. The lowest BCUT2D eigenvalue weighted by atomic mass is 9.93. The second-order valence-electron chi connectivity index (χ2n) is 3.08. The molecule has 4 nitrogen and oxygen atoms in total. The van der Waals surface area contributed by atoms with Crippen molar-refractivity contribution in [2.75, 3.05) is 0 Å². The lowest BCUT2D eigenvalue weighted by Crippen LogP contribution is -2.40. The molecule has 72 valence electrons. The molecule has 2 N–H and O–H groups in total. The van der Waals surface area contributed by atoms with Crippen LogP contribution in [0.4, 0.5) is 0 Å². The SMILES string of the molecule is C[C@](N)(C(=O)N=C=O)c1ccccc1. The topological polar surface area (TPSA) is 72.5 Å².